The second-order valence-corrected chi connectivity index (χ2v) is 8.59. The molecule has 1 aliphatic heterocycles. The van der Waals surface area contributed by atoms with Gasteiger partial charge in [0.25, 0.3) is 0 Å². The number of rotatable bonds is 11. The van der Waals surface area contributed by atoms with Crippen molar-refractivity contribution < 1.29 is 33.7 Å². The monoisotopic (exact) mass is 458 g/mol. The van der Waals surface area contributed by atoms with Crippen LogP contribution in [0.5, 0.6) is 5.75 Å². The van der Waals surface area contributed by atoms with Crippen molar-refractivity contribution in [2.75, 3.05) is 13.4 Å². The minimum atomic E-state index is -0.510. The summed E-state index contributed by atoms with van der Waals surface area (Å²) >= 11 is 1.11. The van der Waals surface area contributed by atoms with Crippen molar-refractivity contribution in [1.82, 2.24) is 0 Å². The number of ketones is 1. The second-order valence-electron chi connectivity index (χ2n) is 7.33. The molecular formula is C24H26O7S. The Morgan fingerprint density at radius 1 is 1.16 bits per heavy atom. The summed E-state index contributed by atoms with van der Waals surface area (Å²) in [5, 5.41) is 9.03. The van der Waals surface area contributed by atoms with Crippen molar-refractivity contribution >= 4 is 28.6 Å². The van der Waals surface area contributed by atoms with Crippen molar-refractivity contribution in [3.8, 4) is 5.75 Å². The summed E-state index contributed by atoms with van der Waals surface area (Å²) in [6, 6.07) is 14.6. The van der Waals surface area contributed by atoms with Gasteiger partial charge in [0.1, 0.15) is 18.5 Å². The predicted octanol–water partition coefficient (Wildman–Crippen LogP) is 3.37. The van der Waals surface area contributed by atoms with E-state index in [0.29, 0.717) is 12.2 Å². The molecule has 0 bridgehead atoms. The van der Waals surface area contributed by atoms with Crippen LogP contribution >= 0.6 is 11.8 Å². The van der Waals surface area contributed by atoms with Gasteiger partial charge in [0.05, 0.1) is 18.3 Å². The van der Waals surface area contributed by atoms with Crippen LogP contribution in [0, 0.1) is 0 Å². The van der Waals surface area contributed by atoms with E-state index in [1.165, 1.54) is 0 Å². The van der Waals surface area contributed by atoms with Gasteiger partial charge in [0.15, 0.2) is 17.7 Å². The molecule has 0 aliphatic carbocycles. The van der Waals surface area contributed by atoms with Crippen molar-refractivity contribution in [3.63, 3.8) is 0 Å². The summed E-state index contributed by atoms with van der Waals surface area (Å²) in [6.07, 6.45) is 0.279. The first-order chi connectivity index (χ1) is 15.5. The van der Waals surface area contributed by atoms with Crippen LogP contribution < -0.4 is 4.74 Å². The van der Waals surface area contributed by atoms with Gasteiger partial charge in [0, 0.05) is 6.42 Å². The number of ether oxygens (including phenoxy) is 3. The van der Waals surface area contributed by atoms with Crippen LogP contribution in [0.3, 0.4) is 0 Å². The molecule has 170 valence electrons. The van der Waals surface area contributed by atoms with Gasteiger partial charge in [-0.25, -0.2) is 0 Å². The number of benzene rings is 2. The SMILES string of the molecule is CCC(=O)OCOC(COc1ccc(CC2SC(=O)CC2=O)cc1)c1cccc(CO)c1. The Morgan fingerprint density at radius 3 is 2.59 bits per heavy atom. The van der Waals surface area contributed by atoms with Crippen molar-refractivity contribution in [3.05, 3.63) is 65.2 Å². The van der Waals surface area contributed by atoms with E-state index < -0.39 is 6.10 Å². The Kier molecular flexibility index (Phi) is 8.84. The van der Waals surface area contributed by atoms with E-state index in [1.807, 2.05) is 30.3 Å². The van der Waals surface area contributed by atoms with E-state index >= 15 is 0 Å². The average Bonchev–Trinajstić information content (AvgIpc) is 3.13. The van der Waals surface area contributed by atoms with Crippen LogP contribution in [0.1, 0.15) is 42.6 Å². The first-order valence-electron chi connectivity index (χ1n) is 10.4. The molecule has 1 aliphatic rings. The van der Waals surface area contributed by atoms with Gasteiger partial charge in [0.2, 0.25) is 0 Å². The van der Waals surface area contributed by atoms with E-state index in [-0.39, 0.29) is 55.0 Å². The number of hydrogen-bond donors (Lipinski definition) is 1. The fourth-order valence-corrected chi connectivity index (χ4v) is 4.24. The number of hydrogen-bond acceptors (Lipinski definition) is 8. The highest BCUT2D eigenvalue weighted by molar-refractivity contribution is 8.15. The number of aliphatic hydroxyl groups is 1. The standard InChI is InChI=1S/C24H26O7S/c1-2-23(27)31-15-30-21(18-5-3-4-17(10-18)13-25)14-29-19-8-6-16(7-9-19)11-22-20(26)12-24(28)32-22/h3-10,21-22,25H,2,11-15H2,1H3. The van der Waals surface area contributed by atoms with Gasteiger partial charge in [-0.05, 0) is 35.2 Å². The summed E-state index contributed by atoms with van der Waals surface area (Å²) in [7, 11) is 0. The first-order valence-corrected chi connectivity index (χ1v) is 11.3. The van der Waals surface area contributed by atoms with E-state index in [9.17, 15) is 19.5 Å². The summed E-state index contributed by atoms with van der Waals surface area (Å²) in [5.41, 5.74) is 2.48. The Hall–Kier alpha value is -2.68. The van der Waals surface area contributed by atoms with Gasteiger partial charge < -0.3 is 19.3 Å². The molecule has 1 saturated heterocycles. The molecule has 2 atom stereocenters. The number of esters is 1. The van der Waals surface area contributed by atoms with Gasteiger partial charge in [-0.2, -0.15) is 0 Å². The molecule has 1 fully saturated rings. The van der Waals surface area contributed by atoms with Crippen LogP contribution in [0.15, 0.2) is 48.5 Å². The number of Topliss-reactive ketones (excluding diaryl/α,β-unsaturated/α-hetero) is 1. The number of carbonyl (C=O) groups is 3. The zero-order valence-electron chi connectivity index (χ0n) is 17.8. The lowest BCUT2D eigenvalue weighted by Gasteiger charge is -2.19. The summed E-state index contributed by atoms with van der Waals surface area (Å²) in [4.78, 5) is 34.6. The maximum Gasteiger partial charge on any atom is 0.307 e. The highest BCUT2D eigenvalue weighted by Gasteiger charge is 2.31. The molecule has 2 aromatic carbocycles. The molecular weight excluding hydrogens is 432 g/mol. The topological polar surface area (TPSA) is 99.1 Å². The molecule has 0 aromatic heterocycles. The van der Waals surface area contributed by atoms with Crippen LogP contribution in [0.4, 0.5) is 0 Å². The number of aliphatic hydroxyl groups excluding tert-OH is 1. The minimum Gasteiger partial charge on any atom is -0.491 e. The molecule has 0 saturated carbocycles. The quantitative estimate of drug-likeness (QED) is 0.311. The van der Waals surface area contributed by atoms with E-state index in [1.54, 1.807) is 25.1 Å². The zero-order chi connectivity index (χ0) is 22.9. The molecule has 3 rings (SSSR count). The van der Waals surface area contributed by atoms with Crippen molar-refractivity contribution in [2.45, 2.75) is 44.1 Å². The van der Waals surface area contributed by atoms with Crippen molar-refractivity contribution in [1.29, 1.82) is 0 Å². The number of thioether (sulfide) groups is 1. The molecule has 0 radical (unpaired) electrons. The molecule has 2 aromatic rings. The van der Waals surface area contributed by atoms with Gasteiger partial charge in [-0.3, -0.25) is 14.4 Å². The average molecular weight is 459 g/mol. The van der Waals surface area contributed by atoms with Gasteiger partial charge in [-0.15, -0.1) is 0 Å². The Bertz CT molecular complexity index is 942. The molecule has 1 N–H and O–H groups in total. The summed E-state index contributed by atoms with van der Waals surface area (Å²) in [5.74, 6) is 0.242. The fraction of sp³-hybridized carbons (Fsp3) is 0.375. The molecule has 0 spiro atoms. The second kappa shape index (κ2) is 11.8. The predicted molar refractivity (Wildman–Crippen MR) is 119 cm³/mol. The van der Waals surface area contributed by atoms with Crippen LogP contribution in [-0.4, -0.2) is 40.6 Å². The summed E-state index contributed by atoms with van der Waals surface area (Å²) < 4.78 is 16.7. The fourth-order valence-electron chi connectivity index (χ4n) is 3.20. The van der Waals surface area contributed by atoms with E-state index in [4.69, 9.17) is 14.2 Å². The molecule has 1 heterocycles. The largest absolute Gasteiger partial charge is 0.491 e. The van der Waals surface area contributed by atoms with Gasteiger partial charge in [-0.1, -0.05) is 55.1 Å². The number of carbonyl (C=O) groups excluding carboxylic acids is 3. The summed E-state index contributed by atoms with van der Waals surface area (Å²) in [6.45, 7) is 1.58. The maximum atomic E-state index is 11.8. The highest BCUT2D eigenvalue weighted by Crippen LogP contribution is 2.28. The minimum absolute atomic E-state index is 0.0168. The van der Waals surface area contributed by atoms with Crippen LogP contribution in [0.25, 0.3) is 0 Å². The molecule has 0 amide bonds. The Morgan fingerprint density at radius 2 is 1.94 bits per heavy atom. The highest BCUT2D eigenvalue weighted by atomic mass is 32.2. The van der Waals surface area contributed by atoms with E-state index in [2.05, 4.69) is 0 Å². The zero-order valence-corrected chi connectivity index (χ0v) is 18.6. The third-order valence-electron chi connectivity index (χ3n) is 4.98. The molecule has 32 heavy (non-hydrogen) atoms. The molecule has 2 unspecified atom stereocenters. The van der Waals surface area contributed by atoms with Crippen molar-refractivity contribution in [2.24, 2.45) is 0 Å². The normalized spacial score (nSPS) is 16.8. The van der Waals surface area contributed by atoms with Crippen LogP contribution in [0.2, 0.25) is 0 Å². The van der Waals surface area contributed by atoms with Crippen LogP contribution in [-0.2, 0) is 36.9 Å². The Balaban J connectivity index is 1.60. The maximum absolute atomic E-state index is 11.8. The molecule has 8 heteroatoms. The lowest BCUT2D eigenvalue weighted by molar-refractivity contribution is -0.162. The smallest absolute Gasteiger partial charge is 0.307 e. The Labute approximate surface area is 191 Å². The third kappa shape index (κ3) is 6.91. The lowest BCUT2D eigenvalue weighted by atomic mass is 10.1. The third-order valence-corrected chi connectivity index (χ3v) is 6.10. The molecule has 7 nitrogen and oxygen atoms in total. The first kappa shape index (κ1) is 24.0. The lowest BCUT2D eigenvalue weighted by Crippen LogP contribution is -2.17. The van der Waals surface area contributed by atoms with Gasteiger partial charge >= 0.3 is 5.97 Å². The van der Waals surface area contributed by atoms with E-state index in [0.717, 1.165) is 28.5 Å².